The van der Waals surface area contributed by atoms with E-state index in [2.05, 4.69) is 37.4 Å². The van der Waals surface area contributed by atoms with Crippen molar-refractivity contribution in [2.24, 2.45) is 0 Å². The first-order valence-corrected chi connectivity index (χ1v) is 6.83. The van der Waals surface area contributed by atoms with Gasteiger partial charge in [0.25, 0.3) is 0 Å². The number of anilines is 1. The summed E-state index contributed by atoms with van der Waals surface area (Å²) >= 11 is 0. The van der Waals surface area contributed by atoms with Crippen molar-refractivity contribution in [2.75, 3.05) is 24.5 Å². The number of nitrogens with zero attached hydrogens (tertiary/aromatic N) is 1. The fraction of sp³-hybridized carbons (Fsp3) is 0.533. The predicted octanol–water partition coefficient (Wildman–Crippen LogP) is 2.27. The molecule has 0 atom stereocenters. The molecule has 1 saturated heterocycles. The molecule has 0 aromatic heterocycles. The number of carbonyl (C=O) groups is 1. The molecule has 98 valence electrons. The summed E-state index contributed by atoms with van der Waals surface area (Å²) in [7, 11) is 0. The number of aryl methyl sites for hydroxylation is 2. The van der Waals surface area contributed by atoms with E-state index in [1.807, 2.05) is 4.90 Å². The van der Waals surface area contributed by atoms with Gasteiger partial charge in [-0.3, -0.25) is 4.79 Å². The van der Waals surface area contributed by atoms with E-state index in [4.69, 9.17) is 0 Å². The molecule has 18 heavy (non-hydrogen) atoms. The van der Waals surface area contributed by atoms with Crippen LogP contribution in [-0.4, -0.2) is 25.5 Å². The van der Waals surface area contributed by atoms with Crippen molar-refractivity contribution in [3.05, 3.63) is 29.3 Å². The first-order chi connectivity index (χ1) is 8.74. The van der Waals surface area contributed by atoms with Gasteiger partial charge in [0.2, 0.25) is 5.91 Å². The SMILES string of the molecule is CCc1cccc(C)c1N1CCCNCCC1=O. The van der Waals surface area contributed by atoms with Crippen LogP contribution in [-0.2, 0) is 11.2 Å². The highest BCUT2D eigenvalue weighted by Crippen LogP contribution is 2.26. The zero-order valence-electron chi connectivity index (χ0n) is 11.3. The summed E-state index contributed by atoms with van der Waals surface area (Å²) in [6.07, 6.45) is 2.58. The van der Waals surface area contributed by atoms with Crippen LogP contribution in [0, 0.1) is 6.92 Å². The van der Waals surface area contributed by atoms with E-state index in [1.54, 1.807) is 0 Å². The van der Waals surface area contributed by atoms with Crippen LogP contribution in [0.15, 0.2) is 18.2 Å². The lowest BCUT2D eigenvalue weighted by molar-refractivity contribution is -0.118. The molecule has 3 heteroatoms. The molecule has 1 N–H and O–H groups in total. The first kappa shape index (κ1) is 13.1. The van der Waals surface area contributed by atoms with Gasteiger partial charge in [-0.25, -0.2) is 0 Å². The summed E-state index contributed by atoms with van der Waals surface area (Å²) in [5, 5.41) is 3.29. The van der Waals surface area contributed by atoms with Crippen LogP contribution in [0.5, 0.6) is 0 Å². The Hall–Kier alpha value is -1.35. The number of amides is 1. The maximum Gasteiger partial charge on any atom is 0.228 e. The van der Waals surface area contributed by atoms with Crippen molar-refractivity contribution in [2.45, 2.75) is 33.1 Å². The van der Waals surface area contributed by atoms with Gasteiger partial charge in [0.15, 0.2) is 0 Å². The zero-order chi connectivity index (χ0) is 13.0. The third-order valence-corrected chi connectivity index (χ3v) is 3.52. The monoisotopic (exact) mass is 246 g/mol. The Morgan fingerprint density at radius 3 is 2.94 bits per heavy atom. The summed E-state index contributed by atoms with van der Waals surface area (Å²) in [5.74, 6) is 0.242. The summed E-state index contributed by atoms with van der Waals surface area (Å²) in [6.45, 7) is 6.86. The summed E-state index contributed by atoms with van der Waals surface area (Å²) in [6, 6.07) is 6.30. The highest BCUT2D eigenvalue weighted by atomic mass is 16.2. The second-order valence-corrected chi connectivity index (χ2v) is 4.84. The molecule has 1 aromatic rings. The lowest BCUT2D eigenvalue weighted by Crippen LogP contribution is -2.39. The second-order valence-electron chi connectivity index (χ2n) is 4.84. The van der Waals surface area contributed by atoms with Gasteiger partial charge in [-0.15, -0.1) is 0 Å². The van der Waals surface area contributed by atoms with Gasteiger partial charge in [-0.2, -0.15) is 0 Å². The van der Waals surface area contributed by atoms with Crippen molar-refractivity contribution in [3.8, 4) is 0 Å². The van der Waals surface area contributed by atoms with E-state index >= 15 is 0 Å². The van der Waals surface area contributed by atoms with Gasteiger partial charge in [0.1, 0.15) is 0 Å². The summed E-state index contributed by atoms with van der Waals surface area (Å²) in [5.41, 5.74) is 3.63. The quantitative estimate of drug-likeness (QED) is 0.868. The van der Waals surface area contributed by atoms with E-state index in [9.17, 15) is 4.79 Å². The Morgan fingerprint density at radius 1 is 1.33 bits per heavy atom. The molecule has 0 aliphatic carbocycles. The van der Waals surface area contributed by atoms with Crippen LogP contribution in [0.1, 0.15) is 30.9 Å². The van der Waals surface area contributed by atoms with Crippen LogP contribution < -0.4 is 10.2 Å². The van der Waals surface area contributed by atoms with Crippen LogP contribution >= 0.6 is 0 Å². The van der Waals surface area contributed by atoms with Gasteiger partial charge >= 0.3 is 0 Å². The molecule has 1 fully saturated rings. The minimum Gasteiger partial charge on any atom is -0.316 e. The fourth-order valence-corrected chi connectivity index (χ4v) is 2.57. The molecular formula is C15H22N2O. The number of hydrogen-bond donors (Lipinski definition) is 1. The molecule has 1 aromatic carbocycles. The van der Waals surface area contributed by atoms with Crippen molar-refractivity contribution in [1.29, 1.82) is 0 Å². The minimum atomic E-state index is 0.242. The minimum absolute atomic E-state index is 0.242. The van der Waals surface area contributed by atoms with E-state index < -0.39 is 0 Å². The Morgan fingerprint density at radius 2 is 2.17 bits per heavy atom. The average molecular weight is 246 g/mol. The molecule has 1 aliphatic heterocycles. The number of para-hydroxylation sites is 1. The van der Waals surface area contributed by atoms with E-state index in [-0.39, 0.29) is 5.91 Å². The standard InChI is InChI=1S/C15H22N2O/c1-3-13-7-4-6-12(2)15(13)17-11-5-9-16-10-8-14(17)18/h4,6-7,16H,3,5,8-11H2,1-2H3. The molecule has 1 aliphatic rings. The Kier molecular flexibility index (Phi) is 4.37. The molecule has 2 rings (SSSR count). The van der Waals surface area contributed by atoms with Gasteiger partial charge < -0.3 is 10.2 Å². The maximum absolute atomic E-state index is 12.3. The molecule has 0 bridgehead atoms. The van der Waals surface area contributed by atoms with Gasteiger partial charge in [0, 0.05) is 25.2 Å². The van der Waals surface area contributed by atoms with E-state index in [0.29, 0.717) is 6.42 Å². The molecular weight excluding hydrogens is 224 g/mol. The molecule has 0 radical (unpaired) electrons. The van der Waals surface area contributed by atoms with Gasteiger partial charge in [0.05, 0.1) is 0 Å². The first-order valence-electron chi connectivity index (χ1n) is 6.83. The number of nitrogens with one attached hydrogen (secondary N) is 1. The number of rotatable bonds is 2. The third-order valence-electron chi connectivity index (χ3n) is 3.52. The van der Waals surface area contributed by atoms with Crippen LogP contribution in [0.3, 0.4) is 0 Å². The molecule has 3 nitrogen and oxygen atoms in total. The molecule has 0 unspecified atom stereocenters. The van der Waals surface area contributed by atoms with Crippen LogP contribution in [0.4, 0.5) is 5.69 Å². The second kappa shape index (κ2) is 6.01. The molecule has 1 amide bonds. The van der Waals surface area contributed by atoms with Crippen molar-refractivity contribution in [3.63, 3.8) is 0 Å². The van der Waals surface area contributed by atoms with Crippen LogP contribution in [0.2, 0.25) is 0 Å². The Bertz CT molecular complexity index is 429. The van der Waals surface area contributed by atoms with Crippen LogP contribution in [0.25, 0.3) is 0 Å². The highest BCUT2D eigenvalue weighted by Gasteiger charge is 2.20. The molecule has 0 saturated carbocycles. The van der Waals surface area contributed by atoms with Crippen molar-refractivity contribution >= 4 is 11.6 Å². The summed E-state index contributed by atoms with van der Waals surface area (Å²) < 4.78 is 0. The largest absolute Gasteiger partial charge is 0.316 e. The molecule has 0 spiro atoms. The topological polar surface area (TPSA) is 32.3 Å². The van der Waals surface area contributed by atoms with Gasteiger partial charge in [-0.1, -0.05) is 25.1 Å². The zero-order valence-corrected chi connectivity index (χ0v) is 11.3. The average Bonchev–Trinajstić information content (AvgIpc) is 2.35. The molecule has 1 heterocycles. The Labute approximate surface area is 109 Å². The van der Waals surface area contributed by atoms with Crippen molar-refractivity contribution < 1.29 is 4.79 Å². The smallest absolute Gasteiger partial charge is 0.228 e. The maximum atomic E-state index is 12.3. The number of hydrogen-bond acceptors (Lipinski definition) is 2. The third kappa shape index (κ3) is 2.72. The summed E-state index contributed by atoms with van der Waals surface area (Å²) in [4.78, 5) is 14.3. The number of carbonyl (C=O) groups excluding carboxylic acids is 1. The van der Waals surface area contributed by atoms with Gasteiger partial charge in [-0.05, 0) is 37.4 Å². The Balaban J connectivity index is 2.35. The fourth-order valence-electron chi connectivity index (χ4n) is 2.57. The lowest BCUT2D eigenvalue weighted by Gasteiger charge is -2.28. The number of benzene rings is 1. The van der Waals surface area contributed by atoms with E-state index in [1.165, 1.54) is 11.1 Å². The highest BCUT2D eigenvalue weighted by molar-refractivity contribution is 5.95. The van der Waals surface area contributed by atoms with E-state index in [0.717, 1.165) is 38.2 Å². The normalized spacial score (nSPS) is 17.4. The lowest BCUT2D eigenvalue weighted by atomic mass is 10.0. The predicted molar refractivity (Wildman–Crippen MR) is 75.0 cm³/mol. The van der Waals surface area contributed by atoms with Crippen molar-refractivity contribution in [1.82, 2.24) is 5.32 Å².